The number of nitrogens with one attached hydrogen (secondary N) is 1. The first-order valence-corrected chi connectivity index (χ1v) is 7.48. The van der Waals surface area contributed by atoms with Crippen molar-refractivity contribution in [3.8, 4) is 5.75 Å². The van der Waals surface area contributed by atoms with Gasteiger partial charge in [0.25, 0.3) is 0 Å². The molecule has 20 heavy (non-hydrogen) atoms. The Labute approximate surface area is 128 Å². The summed E-state index contributed by atoms with van der Waals surface area (Å²) in [6.45, 7) is 4.23. The highest BCUT2D eigenvalue weighted by atomic mass is 79.9. The number of hydrogen-bond donors (Lipinski definition) is 2. The molecule has 0 saturated carbocycles. The van der Waals surface area contributed by atoms with Gasteiger partial charge in [-0.2, -0.15) is 0 Å². The molecule has 0 fully saturated rings. The van der Waals surface area contributed by atoms with E-state index in [1.165, 1.54) is 0 Å². The summed E-state index contributed by atoms with van der Waals surface area (Å²) in [7, 11) is 1.62. The van der Waals surface area contributed by atoms with Crippen molar-refractivity contribution in [2.24, 2.45) is 11.8 Å². The van der Waals surface area contributed by atoms with Gasteiger partial charge in [0.05, 0.1) is 11.6 Å². The Morgan fingerprint density at radius 2 is 2.15 bits per heavy atom. The standard InChI is InChI=1S/C15H22BrNO3/c1-10(2)15(19)17-8-12(9-18)6-11-4-5-14(20-3)13(16)7-11/h4-5,7,10,12,18H,6,8-9H2,1-3H3,(H,17,19)/t12-/m1/s1. The van der Waals surface area contributed by atoms with Gasteiger partial charge >= 0.3 is 0 Å². The second kappa shape index (κ2) is 8.27. The second-order valence-electron chi connectivity index (χ2n) is 5.12. The molecular formula is C15H22BrNO3. The Kier molecular flexibility index (Phi) is 7.02. The molecule has 0 radical (unpaired) electrons. The van der Waals surface area contributed by atoms with Crippen molar-refractivity contribution in [3.63, 3.8) is 0 Å². The molecule has 0 aliphatic rings. The first kappa shape index (κ1) is 17.0. The minimum Gasteiger partial charge on any atom is -0.496 e. The number of benzene rings is 1. The van der Waals surface area contributed by atoms with Crippen LogP contribution in [0.15, 0.2) is 22.7 Å². The molecule has 1 aromatic rings. The molecule has 0 saturated heterocycles. The molecule has 1 aromatic carbocycles. The largest absolute Gasteiger partial charge is 0.496 e. The topological polar surface area (TPSA) is 58.6 Å². The van der Waals surface area contributed by atoms with E-state index in [2.05, 4.69) is 21.2 Å². The molecule has 1 rings (SSSR count). The van der Waals surface area contributed by atoms with Crippen LogP contribution in [0.4, 0.5) is 0 Å². The summed E-state index contributed by atoms with van der Waals surface area (Å²) >= 11 is 3.44. The third-order valence-corrected chi connectivity index (χ3v) is 3.71. The van der Waals surface area contributed by atoms with Crippen LogP contribution in [0.25, 0.3) is 0 Å². The molecule has 1 atom stereocenters. The summed E-state index contributed by atoms with van der Waals surface area (Å²) in [6, 6.07) is 5.84. The minimum atomic E-state index is -0.0375. The van der Waals surface area contributed by atoms with Crippen LogP contribution < -0.4 is 10.1 Å². The van der Waals surface area contributed by atoms with Gasteiger partial charge in [-0.3, -0.25) is 4.79 Å². The maximum absolute atomic E-state index is 11.5. The van der Waals surface area contributed by atoms with Gasteiger partial charge in [-0.05, 0) is 40.0 Å². The fourth-order valence-corrected chi connectivity index (χ4v) is 2.41. The normalized spacial score (nSPS) is 12.3. The molecule has 0 spiro atoms. The predicted molar refractivity (Wildman–Crippen MR) is 82.8 cm³/mol. The molecule has 0 unspecified atom stereocenters. The highest BCUT2D eigenvalue weighted by molar-refractivity contribution is 9.10. The Morgan fingerprint density at radius 3 is 2.65 bits per heavy atom. The highest BCUT2D eigenvalue weighted by Crippen LogP contribution is 2.26. The van der Waals surface area contributed by atoms with Crippen LogP contribution in [0.2, 0.25) is 0 Å². The molecule has 4 nitrogen and oxygen atoms in total. The van der Waals surface area contributed by atoms with Crippen molar-refractivity contribution in [1.29, 1.82) is 0 Å². The first-order chi connectivity index (χ1) is 9.47. The Bertz CT molecular complexity index is 449. The molecule has 0 heterocycles. The van der Waals surface area contributed by atoms with Crippen LogP contribution >= 0.6 is 15.9 Å². The zero-order valence-electron chi connectivity index (χ0n) is 12.1. The quantitative estimate of drug-likeness (QED) is 0.799. The van der Waals surface area contributed by atoms with E-state index in [1.54, 1.807) is 7.11 Å². The van der Waals surface area contributed by atoms with E-state index in [4.69, 9.17) is 4.74 Å². The fourth-order valence-electron chi connectivity index (χ4n) is 1.82. The summed E-state index contributed by atoms with van der Waals surface area (Å²) in [4.78, 5) is 11.5. The zero-order valence-corrected chi connectivity index (χ0v) is 13.7. The van der Waals surface area contributed by atoms with Crippen molar-refractivity contribution >= 4 is 21.8 Å². The number of halogens is 1. The van der Waals surface area contributed by atoms with Gasteiger partial charge in [-0.15, -0.1) is 0 Å². The first-order valence-electron chi connectivity index (χ1n) is 6.68. The summed E-state index contributed by atoms with van der Waals surface area (Å²) < 4.78 is 6.07. The molecule has 2 N–H and O–H groups in total. The number of carbonyl (C=O) groups is 1. The van der Waals surface area contributed by atoms with Gasteiger partial charge in [-0.25, -0.2) is 0 Å². The lowest BCUT2D eigenvalue weighted by atomic mass is 9.99. The van der Waals surface area contributed by atoms with E-state index in [1.807, 2.05) is 32.0 Å². The van der Waals surface area contributed by atoms with E-state index in [0.29, 0.717) is 13.0 Å². The van der Waals surface area contributed by atoms with Crippen LogP contribution in [0.5, 0.6) is 5.75 Å². The molecule has 0 aliphatic carbocycles. The SMILES string of the molecule is COc1ccc(C[C@@H](CO)CNC(=O)C(C)C)cc1Br. The highest BCUT2D eigenvalue weighted by Gasteiger charge is 2.13. The van der Waals surface area contributed by atoms with E-state index >= 15 is 0 Å². The van der Waals surface area contributed by atoms with Crippen LogP contribution in [0.3, 0.4) is 0 Å². The Balaban J connectivity index is 2.60. The molecule has 0 aromatic heterocycles. The number of methoxy groups -OCH3 is 1. The van der Waals surface area contributed by atoms with Crippen molar-refractivity contribution in [2.75, 3.05) is 20.3 Å². The van der Waals surface area contributed by atoms with Gasteiger partial charge in [0.1, 0.15) is 5.75 Å². The zero-order chi connectivity index (χ0) is 15.1. The predicted octanol–water partition coefficient (Wildman–Crippen LogP) is 2.38. The lowest BCUT2D eigenvalue weighted by Crippen LogP contribution is -2.34. The van der Waals surface area contributed by atoms with Crippen molar-refractivity contribution in [2.45, 2.75) is 20.3 Å². The van der Waals surface area contributed by atoms with Crippen LogP contribution in [0.1, 0.15) is 19.4 Å². The molecule has 112 valence electrons. The number of hydrogen-bond acceptors (Lipinski definition) is 3. The third-order valence-electron chi connectivity index (χ3n) is 3.09. The third kappa shape index (κ3) is 5.13. The van der Waals surface area contributed by atoms with Gasteiger partial charge in [0.15, 0.2) is 0 Å². The number of aliphatic hydroxyl groups is 1. The number of aliphatic hydroxyl groups excluding tert-OH is 1. The fraction of sp³-hybridized carbons (Fsp3) is 0.533. The van der Waals surface area contributed by atoms with E-state index in [9.17, 15) is 9.90 Å². The van der Waals surface area contributed by atoms with Gasteiger partial charge in [0, 0.05) is 25.0 Å². The maximum Gasteiger partial charge on any atom is 0.222 e. The molecule has 1 amide bonds. The van der Waals surface area contributed by atoms with E-state index in [0.717, 1.165) is 15.8 Å². The summed E-state index contributed by atoms with van der Waals surface area (Å²) in [6.07, 6.45) is 0.706. The van der Waals surface area contributed by atoms with E-state index in [-0.39, 0.29) is 24.3 Å². The number of rotatable bonds is 7. The molecule has 5 heteroatoms. The van der Waals surface area contributed by atoms with Gasteiger partial charge in [0.2, 0.25) is 5.91 Å². The minimum absolute atomic E-state index is 0.0120. The van der Waals surface area contributed by atoms with Crippen LogP contribution in [-0.4, -0.2) is 31.3 Å². The number of amides is 1. The van der Waals surface area contributed by atoms with Crippen molar-refractivity contribution in [3.05, 3.63) is 28.2 Å². The average molecular weight is 344 g/mol. The smallest absolute Gasteiger partial charge is 0.222 e. The molecule has 0 aliphatic heterocycles. The Morgan fingerprint density at radius 1 is 1.45 bits per heavy atom. The second-order valence-corrected chi connectivity index (χ2v) is 5.98. The lowest BCUT2D eigenvalue weighted by Gasteiger charge is -2.16. The van der Waals surface area contributed by atoms with Crippen LogP contribution in [-0.2, 0) is 11.2 Å². The Hall–Kier alpha value is -1.07. The van der Waals surface area contributed by atoms with Crippen molar-refractivity contribution in [1.82, 2.24) is 5.32 Å². The maximum atomic E-state index is 11.5. The number of ether oxygens (including phenoxy) is 1. The summed E-state index contributed by atoms with van der Waals surface area (Å²) in [5.74, 6) is 0.768. The average Bonchev–Trinajstić information content (AvgIpc) is 2.43. The molecule has 0 bridgehead atoms. The van der Waals surface area contributed by atoms with Crippen LogP contribution in [0, 0.1) is 11.8 Å². The van der Waals surface area contributed by atoms with Gasteiger partial charge < -0.3 is 15.2 Å². The summed E-state index contributed by atoms with van der Waals surface area (Å²) in [5.41, 5.74) is 1.09. The summed E-state index contributed by atoms with van der Waals surface area (Å²) in [5, 5.41) is 12.3. The van der Waals surface area contributed by atoms with E-state index < -0.39 is 0 Å². The lowest BCUT2D eigenvalue weighted by molar-refractivity contribution is -0.124. The van der Waals surface area contributed by atoms with Crippen molar-refractivity contribution < 1.29 is 14.6 Å². The molecular weight excluding hydrogens is 322 g/mol. The van der Waals surface area contributed by atoms with Gasteiger partial charge in [-0.1, -0.05) is 19.9 Å². The number of carbonyl (C=O) groups excluding carboxylic acids is 1. The monoisotopic (exact) mass is 343 g/mol.